The van der Waals surface area contributed by atoms with Gasteiger partial charge in [0.15, 0.2) is 0 Å². The second kappa shape index (κ2) is 8.68. The third-order valence-electron chi connectivity index (χ3n) is 5.98. The van der Waals surface area contributed by atoms with E-state index in [1.165, 1.54) is 12.8 Å². The van der Waals surface area contributed by atoms with Crippen LogP contribution < -0.4 is 4.74 Å². The second-order valence-electron chi connectivity index (χ2n) is 8.40. The van der Waals surface area contributed by atoms with Gasteiger partial charge in [0.05, 0.1) is 22.8 Å². The number of rotatable bonds is 7. The average Bonchev–Trinajstić information content (AvgIpc) is 3.46. The van der Waals surface area contributed by atoms with Gasteiger partial charge >= 0.3 is 0 Å². The number of ether oxygens (including phenoxy) is 1. The lowest BCUT2D eigenvalue weighted by atomic mass is 9.90. The molecule has 1 aromatic heterocycles. The van der Waals surface area contributed by atoms with Gasteiger partial charge in [0, 0.05) is 16.9 Å². The van der Waals surface area contributed by atoms with E-state index in [9.17, 15) is 4.39 Å². The molecule has 0 spiro atoms. The molecule has 0 saturated heterocycles. The highest BCUT2D eigenvalue weighted by molar-refractivity contribution is 7.12. The SMILES string of the molecule is COc1cc(Cl)c(-c2nc(CC(CC3CC3)c3ccc(C)c(F)c3)sc2C)cc1C. The number of aromatic nitrogens is 1. The molecular formula is C25H27ClFNOS. The Morgan fingerprint density at radius 1 is 1.17 bits per heavy atom. The van der Waals surface area contributed by atoms with Crippen molar-refractivity contribution >= 4 is 22.9 Å². The molecule has 4 rings (SSSR count). The zero-order valence-electron chi connectivity index (χ0n) is 17.9. The summed E-state index contributed by atoms with van der Waals surface area (Å²) >= 11 is 8.27. The van der Waals surface area contributed by atoms with E-state index in [-0.39, 0.29) is 5.82 Å². The minimum atomic E-state index is -0.121. The van der Waals surface area contributed by atoms with Gasteiger partial charge in [-0.25, -0.2) is 9.37 Å². The van der Waals surface area contributed by atoms with Crippen molar-refractivity contribution in [2.75, 3.05) is 7.11 Å². The van der Waals surface area contributed by atoms with E-state index in [1.54, 1.807) is 24.5 Å². The summed E-state index contributed by atoms with van der Waals surface area (Å²) < 4.78 is 19.6. The third-order valence-corrected chi connectivity index (χ3v) is 7.29. The van der Waals surface area contributed by atoms with Crippen molar-refractivity contribution in [3.05, 3.63) is 67.7 Å². The van der Waals surface area contributed by atoms with E-state index >= 15 is 0 Å². The molecule has 30 heavy (non-hydrogen) atoms. The number of hydrogen-bond donors (Lipinski definition) is 0. The summed E-state index contributed by atoms with van der Waals surface area (Å²) in [5.74, 6) is 1.71. The summed E-state index contributed by atoms with van der Waals surface area (Å²) in [6.45, 7) is 5.92. The van der Waals surface area contributed by atoms with Crippen LogP contribution >= 0.6 is 22.9 Å². The van der Waals surface area contributed by atoms with Gasteiger partial charge in [0.1, 0.15) is 11.6 Å². The van der Waals surface area contributed by atoms with Crippen LogP contribution in [0.4, 0.5) is 4.39 Å². The Labute approximate surface area is 187 Å². The number of benzene rings is 2. The standard InChI is InChI=1S/C25H27ClFNOS/c1-14-5-8-18(11-22(14)27)19(10-17-6-7-17)12-24-28-25(16(3)30-24)20-9-15(2)23(29-4)13-21(20)26/h5,8-9,11,13,17,19H,6-7,10,12H2,1-4H3. The predicted octanol–water partition coefficient (Wildman–Crippen LogP) is 7.66. The molecule has 0 amide bonds. The molecule has 2 aromatic carbocycles. The summed E-state index contributed by atoms with van der Waals surface area (Å²) in [6.07, 6.45) is 4.50. The fourth-order valence-corrected chi connectivity index (χ4v) is 5.29. The van der Waals surface area contributed by atoms with Crippen LogP contribution in [0.2, 0.25) is 5.02 Å². The van der Waals surface area contributed by atoms with Crippen molar-refractivity contribution in [2.24, 2.45) is 5.92 Å². The summed E-state index contributed by atoms with van der Waals surface area (Å²) in [5.41, 5.74) is 4.69. The monoisotopic (exact) mass is 443 g/mol. The van der Waals surface area contributed by atoms with Crippen molar-refractivity contribution in [2.45, 2.75) is 52.4 Å². The molecule has 1 atom stereocenters. The van der Waals surface area contributed by atoms with E-state index in [4.69, 9.17) is 21.3 Å². The zero-order valence-corrected chi connectivity index (χ0v) is 19.5. The van der Waals surface area contributed by atoms with Gasteiger partial charge < -0.3 is 4.74 Å². The van der Waals surface area contributed by atoms with Gasteiger partial charge in [-0.05, 0) is 73.9 Å². The van der Waals surface area contributed by atoms with Crippen molar-refractivity contribution in [3.8, 4) is 17.0 Å². The first kappa shape index (κ1) is 21.3. The van der Waals surface area contributed by atoms with Crippen molar-refractivity contribution in [1.82, 2.24) is 4.98 Å². The van der Waals surface area contributed by atoms with Gasteiger partial charge in [0.2, 0.25) is 0 Å². The molecule has 1 heterocycles. The Balaban J connectivity index is 1.64. The topological polar surface area (TPSA) is 22.1 Å². The van der Waals surface area contributed by atoms with Gasteiger partial charge in [-0.3, -0.25) is 0 Å². The molecule has 1 saturated carbocycles. The highest BCUT2D eigenvalue weighted by Crippen LogP contribution is 2.42. The molecule has 3 aromatic rings. The summed E-state index contributed by atoms with van der Waals surface area (Å²) in [7, 11) is 1.65. The molecule has 158 valence electrons. The minimum Gasteiger partial charge on any atom is -0.496 e. The number of aryl methyl sites for hydroxylation is 3. The zero-order chi connectivity index (χ0) is 21.4. The molecular weight excluding hydrogens is 417 g/mol. The van der Waals surface area contributed by atoms with Crippen LogP contribution in [0.3, 0.4) is 0 Å². The molecule has 0 N–H and O–H groups in total. The van der Waals surface area contributed by atoms with E-state index in [0.717, 1.165) is 56.8 Å². The van der Waals surface area contributed by atoms with Crippen molar-refractivity contribution < 1.29 is 9.13 Å². The Morgan fingerprint density at radius 2 is 1.93 bits per heavy atom. The molecule has 1 aliphatic carbocycles. The summed E-state index contributed by atoms with van der Waals surface area (Å²) in [5, 5.41) is 1.73. The first-order chi connectivity index (χ1) is 14.4. The van der Waals surface area contributed by atoms with E-state index in [0.29, 0.717) is 16.5 Å². The molecule has 2 nitrogen and oxygen atoms in total. The number of halogens is 2. The predicted molar refractivity (Wildman–Crippen MR) is 124 cm³/mol. The Bertz CT molecular complexity index is 1070. The van der Waals surface area contributed by atoms with Gasteiger partial charge in [0.25, 0.3) is 0 Å². The number of methoxy groups -OCH3 is 1. The lowest BCUT2D eigenvalue weighted by Crippen LogP contribution is -2.05. The Hall–Kier alpha value is -1.91. The smallest absolute Gasteiger partial charge is 0.126 e. The molecule has 1 unspecified atom stereocenters. The Kier molecular flexibility index (Phi) is 6.17. The van der Waals surface area contributed by atoms with Gasteiger partial charge in [-0.2, -0.15) is 0 Å². The maximum Gasteiger partial charge on any atom is 0.126 e. The molecule has 0 radical (unpaired) electrons. The van der Waals surface area contributed by atoms with Crippen LogP contribution in [-0.2, 0) is 6.42 Å². The van der Waals surface area contributed by atoms with Crippen LogP contribution in [-0.4, -0.2) is 12.1 Å². The molecule has 0 aliphatic heterocycles. The van der Waals surface area contributed by atoms with Crippen LogP contribution in [0.1, 0.15) is 51.8 Å². The quantitative estimate of drug-likeness (QED) is 0.373. The van der Waals surface area contributed by atoms with E-state index in [1.807, 2.05) is 32.0 Å². The van der Waals surface area contributed by atoms with Crippen LogP contribution in [0.15, 0.2) is 30.3 Å². The van der Waals surface area contributed by atoms with Crippen LogP contribution in [0, 0.1) is 32.5 Å². The van der Waals surface area contributed by atoms with Gasteiger partial charge in [-0.1, -0.05) is 36.6 Å². The average molecular weight is 444 g/mol. The summed E-state index contributed by atoms with van der Waals surface area (Å²) in [4.78, 5) is 6.12. The van der Waals surface area contributed by atoms with Crippen molar-refractivity contribution in [3.63, 3.8) is 0 Å². The minimum absolute atomic E-state index is 0.121. The van der Waals surface area contributed by atoms with E-state index in [2.05, 4.69) is 13.0 Å². The Morgan fingerprint density at radius 3 is 2.60 bits per heavy atom. The normalized spacial score (nSPS) is 14.7. The lowest BCUT2D eigenvalue weighted by Gasteiger charge is -2.16. The third kappa shape index (κ3) is 4.55. The summed E-state index contributed by atoms with van der Waals surface area (Å²) in [6, 6.07) is 9.59. The number of nitrogens with zero attached hydrogens (tertiary/aromatic N) is 1. The number of hydrogen-bond acceptors (Lipinski definition) is 3. The molecule has 0 bridgehead atoms. The second-order valence-corrected chi connectivity index (χ2v) is 10.1. The largest absolute Gasteiger partial charge is 0.496 e. The first-order valence-electron chi connectivity index (χ1n) is 10.4. The van der Waals surface area contributed by atoms with Gasteiger partial charge in [-0.15, -0.1) is 11.3 Å². The molecule has 1 fully saturated rings. The fourth-order valence-electron chi connectivity index (χ4n) is 4.02. The van der Waals surface area contributed by atoms with E-state index < -0.39 is 0 Å². The van der Waals surface area contributed by atoms with Crippen LogP contribution in [0.5, 0.6) is 5.75 Å². The molecule has 1 aliphatic rings. The van der Waals surface area contributed by atoms with Crippen LogP contribution in [0.25, 0.3) is 11.3 Å². The maximum atomic E-state index is 14.2. The highest BCUT2D eigenvalue weighted by atomic mass is 35.5. The number of thiazole rings is 1. The molecule has 5 heteroatoms. The fraction of sp³-hybridized carbons (Fsp3) is 0.400. The maximum absolute atomic E-state index is 14.2. The lowest BCUT2D eigenvalue weighted by molar-refractivity contribution is 0.412. The first-order valence-corrected chi connectivity index (χ1v) is 11.6. The van der Waals surface area contributed by atoms with Crippen molar-refractivity contribution in [1.29, 1.82) is 0 Å². The highest BCUT2D eigenvalue weighted by Gasteiger charge is 2.28.